The predicted molar refractivity (Wildman–Crippen MR) is 89.4 cm³/mol. The fraction of sp³-hybridized carbons (Fsp3) is 0.167. The third kappa shape index (κ3) is 3.43. The van der Waals surface area contributed by atoms with E-state index in [1.165, 1.54) is 0 Å². The number of hydrogen-bond donors (Lipinski definition) is 3. The largest absolute Gasteiger partial charge is 0.326 e. The number of imide groups is 1. The first-order valence-corrected chi connectivity index (χ1v) is 7.58. The van der Waals surface area contributed by atoms with Crippen molar-refractivity contribution < 1.29 is 14.4 Å². The fourth-order valence-corrected chi connectivity index (χ4v) is 2.63. The van der Waals surface area contributed by atoms with Crippen molar-refractivity contribution in [3.05, 3.63) is 65.2 Å². The average molecular weight is 323 g/mol. The summed E-state index contributed by atoms with van der Waals surface area (Å²) in [6.07, 6.45) is 0.275. The fourth-order valence-electron chi connectivity index (χ4n) is 2.63. The highest BCUT2D eigenvalue weighted by atomic mass is 16.2. The molecule has 122 valence electrons. The molecule has 0 aromatic heterocycles. The molecule has 1 aliphatic rings. The molecule has 24 heavy (non-hydrogen) atoms. The van der Waals surface area contributed by atoms with Crippen LogP contribution >= 0.6 is 0 Å². The highest BCUT2D eigenvalue weighted by molar-refractivity contribution is 6.04. The van der Waals surface area contributed by atoms with Gasteiger partial charge in [-0.1, -0.05) is 36.4 Å². The number of carbonyl (C=O) groups excluding carboxylic acids is 3. The standard InChI is InChI=1S/C18H17N3O3/c1-11-5-2-3-6-12(11)10-15(22)19-14-8-4-7-13(9-14)16-17(23)21-18(24)20-16/h2-9,16H,10H2,1H3,(H,19,22)(H2,20,21,23,24). The van der Waals surface area contributed by atoms with Crippen molar-refractivity contribution in [1.29, 1.82) is 0 Å². The molecule has 3 N–H and O–H groups in total. The summed E-state index contributed by atoms with van der Waals surface area (Å²) in [4.78, 5) is 35.2. The molecule has 0 radical (unpaired) electrons. The molecule has 4 amide bonds. The normalized spacial score (nSPS) is 16.5. The predicted octanol–water partition coefficient (Wildman–Crippen LogP) is 2.06. The van der Waals surface area contributed by atoms with E-state index in [9.17, 15) is 14.4 Å². The van der Waals surface area contributed by atoms with Crippen LogP contribution in [0.3, 0.4) is 0 Å². The van der Waals surface area contributed by atoms with Gasteiger partial charge in [-0.05, 0) is 35.7 Å². The van der Waals surface area contributed by atoms with Crippen LogP contribution in [0.4, 0.5) is 10.5 Å². The zero-order valence-corrected chi connectivity index (χ0v) is 13.1. The molecular weight excluding hydrogens is 306 g/mol. The quantitative estimate of drug-likeness (QED) is 0.753. The summed E-state index contributed by atoms with van der Waals surface area (Å²) < 4.78 is 0. The molecule has 0 bridgehead atoms. The molecule has 6 heteroatoms. The van der Waals surface area contributed by atoms with Crippen molar-refractivity contribution >= 4 is 23.5 Å². The Morgan fingerprint density at radius 1 is 1.12 bits per heavy atom. The minimum atomic E-state index is -0.731. The number of rotatable bonds is 4. The Kier molecular flexibility index (Phi) is 4.29. The Bertz CT molecular complexity index is 817. The van der Waals surface area contributed by atoms with Gasteiger partial charge in [-0.3, -0.25) is 14.9 Å². The number of anilines is 1. The summed E-state index contributed by atoms with van der Waals surface area (Å²) in [6, 6.07) is 13.4. The van der Waals surface area contributed by atoms with E-state index in [1.807, 2.05) is 31.2 Å². The third-order valence-corrected chi connectivity index (χ3v) is 3.89. The Labute approximate surface area is 139 Å². The second-order valence-corrected chi connectivity index (χ2v) is 5.67. The Balaban J connectivity index is 1.71. The third-order valence-electron chi connectivity index (χ3n) is 3.89. The zero-order valence-electron chi connectivity index (χ0n) is 13.1. The second-order valence-electron chi connectivity index (χ2n) is 5.67. The summed E-state index contributed by atoms with van der Waals surface area (Å²) in [5, 5.41) is 7.55. The molecule has 1 atom stereocenters. The van der Waals surface area contributed by atoms with Gasteiger partial charge in [0.05, 0.1) is 6.42 Å². The number of urea groups is 1. The van der Waals surface area contributed by atoms with Gasteiger partial charge in [0.25, 0.3) is 5.91 Å². The van der Waals surface area contributed by atoms with E-state index >= 15 is 0 Å². The van der Waals surface area contributed by atoms with E-state index in [2.05, 4.69) is 16.0 Å². The maximum Gasteiger partial charge on any atom is 0.322 e. The van der Waals surface area contributed by atoms with E-state index in [-0.39, 0.29) is 12.3 Å². The summed E-state index contributed by atoms with van der Waals surface area (Å²) in [5.41, 5.74) is 3.23. The van der Waals surface area contributed by atoms with Gasteiger partial charge in [-0.25, -0.2) is 4.79 Å². The number of nitrogens with one attached hydrogen (secondary N) is 3. The molecule has 0 aliphatic carbocycles. The molecule has 2 aromatic carbocycles. The lowest BCUT2D eigenvalue weighted by Crippen LogP contribution is -2.22. The molecule has 2 aromatic rings. The molecule has 1 aliphatic heterocycles. The summed E-state index contributed by atoms with van der Waals surface area (Å²) in [7, 11) is 0. The van der Waals surface area contributed by atoms with Crippen molar-refractivity contribution in [2.24, 2.45) is 0 Å². The number of benzene rings is 2. The average Bonchev–Trinajstić information content (AvgIpc) is 2.88. The first-order chi connectivity index (χ1) is 11.5. The maximum absolute atomic E-state index is 12.2. The number of carbonyl (C=O) groups is 3. The van der Waals surface area contributed by atoms with Crippen LogP contribution in [-0.2, 0) is 16.0 Å². The Morgan fingerprint density at radius 2 is 1.92 bits per heavy atom. The van der Waals surface area contributed by atoms with Crippen molar-refractivity contribution in [1.82, 2.24) is 10.6 Å². The number of hydrogen-bond acceptors (Lipinski definition) is 3. The monoisotopic (exact) mass is 323 g/mol. The molecule has 6 nitrogen and oxygen atoms in total. The Morgan fingerprint density at radius 3 is 2.62 bits per heavy atom. The van der Waals surface area contributed by atoms with Gasteiger partial charge in [0.1, 0.15) is 6.04 Å². The summed E-state index contributed by atoms with van der Waals surface area (Å²) in [6.45, 7) is 1.96. The van der Waals surface area contributed by atoms with Crippen molar-refractivity contribution in [3.63, 3.8) is 0 Å². The van der Waals surface area contributed by atoms with Gasteiger partial charge in [0.15, 0.2) is 0 Å². The van der Waals surface area contributed by atoms with E-state index in [0.29, 0.717) is 11.3 Å². The van der Waals surface area contributed by atoms with Gasteiger partial charge in [0.2, 0.25) is 5.91 Å². The van der Waals surface area contributed by atoms with E-state index in [0.717, 1.165) is 11.1 Å². The van der Waals surface area contributed by atoms with Crippen LogP contribution in [-0.4, -0.2) is 17.8 Å². The topological polar surface area (TPSA) is 87.3 Å². The van der Waals surface area contributed by atoms with Crippen molar-refractivity contribution in [3.8, 4) is 0 Å². The van der Waals surface area contributed by atoms with Crippen molar-refractivity contribution in [2.45, 2.75) is 19.4 Å². The SMILES string of the molecule is Cc1ccccc1CC(=O)Nc1cccc(C2NC(=O)NC2=O)c1. The van der Waals surface area contributed by atoms with Crippen molar-refractivity contribution in [2.75, 3.05) is 5.32 Å². The van der Waals surface area contributed by atoms with Crippen LogP contribution in [0.1, 0.15) is 22.7 Å². The smallest absolute Gasteiger partial charge is 0.322 e. The molecule has 3 rings (SSSR count). The lowest BCUT2D eigenvalue weighted by Gasteiger charge is -2.11. The summed E-state index contributed by atoms with van der Waals surface area (Å²) >= 11 is 0. The van der Waals surface area contributed by atoms with E-state index < -0.39 is 18.0 Å². The lowest BCUT2D eigenvalue weighted by atomic mass is 10.0. The van der Waals surface area contributed by atoms with Gasteiger partial charge < -0.3 is 10.6 Å². The van der Waals surface area contributed by atoms with Crippen LogP contribution in [0.25, 0.3) is 0 Å². The van der Waals surface area contributed by atoms with Crippen LogP contribution in [0.15, 0.2) is 48.5 Å². The molecule has 0 spiro atoms. The zero-order chi connectivity index (χ0) is 17.1. The molecule has 1 unspecified atom stereocenters. The molecule has 0 saturated carbocycles. The number of aryl methyl sites for hydroxylation is 1. The van der Waals surface area contributed by atoms with Gasteiger partial charge >= 0.3 is 6.03 Å². The molecular formula is C18H17N3O3. The van der Waals surface area contributed by atoms with Crippen LogP contribution in [0.5, 0.6) is 0 Å². The lowest BCUT2D eigenvalue weighted by molar-refractivity contribution is -0.120. The first-order valence-electron chi connectivity index (χ1n) is 7.58. The summed E-state index contributed by atoms with van der Waals surface area (Å²) in [5.74, 6) is -0.537. The second kappa shape index (κ2) is 6.54. The van der Waals surface area contributed by atoms with Gasteiger partial charge in [-0.2, -0.15) is 0 Å². The van der Waals surface area contributed by atoms with Gasteiger partial charge in [-0.15, -0.1) is 0 Å². The van der Waals surface area contributed by atoms with E-state index in [1.54, 1.807) is 24.3 Å². The number of amides is 4. The minimum absolute atomic E-state index is 0.138. The first kappa shape index (κ1) is 15.7. The van der Waals surface area contributed by atoms with Gasteiger partial charge in [0, 0.05) is 5.69 Å². The minimum Gasteiger partial charge on any atom is -0.326 e. The van der Waals surface area contributed by atoms with Crippen LogP contribution < -0.4 is 16.0 Å². The highest BCUT2D eigenvalue weighted by Gasteiger charge is 2.30. The van der Waals surface area contributed by atoms with Crippen LogP contribution in [0, 0.1) is 6.92 Å². The van der Waals surface area contributed by atoms with E-state index in [4.69, 9.17) is 0 Å². The molecule has 1 fully saturated rings. The molecule has 1 saturated heterocycles. The highest BCUT2D eigenvalue weighted by Crippen LogP contribution is 2.20. The van der Waals surface area contributed by atoms with Crippen LogP contribution in [0.2, 0.25) is 0 Å². The maximum atomic E-state index is 12.2. The molecule has 1 heterocycles. The Hall–Kier alpha value is -3.15.